The summed E-state index contributed by atoms with van der Waals surface area (Å²) >= 11 is 1.63. The van der Waals surface area contributed by atoms with Crippen LogP contribution in [0.1, 0.15) is 51.7 Å². The first-order chi connectivity index (χ1) is 18.1. The average Bonchev–Trinajstić information content (AvgIpc) is 3.48. The third kappa shape index (κ3) is 4.28. The number of ether oxygens (including phenoxy) is 1. The Morgan fingerprint density at radius 1 is 1.34 bits per heavy atom. The molecule has 3 saturated heterocycles. The van der Waals surface area contributed by atoms with Crippen LogP contribution in [0.2, 0.25) is 0 Å². The second-order valence-corrected chi connectivity index (χ2v) is 12.8. The highest BCUT2D eigenvalue weighted by atomic mass is 32.2. The van der Waals surface area contributed by atoms with E-state index in [1.165, 1.54) is 0 Å². The van der Waals surface area contributed by atoms with Crippen LogP contribution >= 0.6 is 11.8 Å². The van der Waals surface area contributed by atoms with Crippen molar-refractivity contribution >= 4 is 35.2 Å². The molecule has 0 saturated carbocycles. The van der Waals surface area contributed by atoms with E-state index in [1.54, 1.807) is 34.6 Å². The van der Waals surface area contributed by atoms with Crippen LogP contribution < -0.4 is 4.90 Å². The number of hydrogen-bond donors (Lipinski definition) is 1. The molecule has 8 heteroatoms. The molecule has 3 aliphatic rings. The first-order valence-corrected chi connectivity index (χ1v) is 14.7. The maximum Gasteiger partial charge on any atom is 0.310 e. The summed E-state index contributed by atoms with van der Waals surface area (Å²) in [6.45, 7) is 16.1. The highest BCUT2D eigenvalue weighted by molar-refractivity contribution is 8.02. The van der Waals surface area contributed by atoms with Crippen molar-refractivity contribution in [2.45, 2.75) is 76.5 Å². The van der Waals surface area contributed by atoms with Crippen LogP contribution in [-0.2, 0) is 19.1 Å². The lowest BCUT2D eigenvalue weighted by atomic mass is 9.66. The van der Waals surface area contributed by atoms with Crippen molar-refractivity contribution in [3.8, 4) is 0 Å². The molecule has 208 valence electrons. The van der Waals surface area contributed by atoms with Gasteiger partial charge in [0.1, 0.15) is 6.04 Å². The number of likely N-dealkylation sites (tertiary alicyclic amines) is 1. The molecule has 0 aliphatic carbocycles. The van der Waals surface area contributed by atoms with Gasteiger partial charge in [0.15, 0.2) is 0 Å². The first-order valence-electron chi connectivity index (χ1n) is 13.9. The molecular formula is C30H42N2O5S. The van der Waals surface area contributed by atoms with Crippen LogP contribution in [0, 0.1) is 37.5 Å². The molecule has 3 heterocycles. The molecule has 2 bridgehead atoms. The van der Waals surface area contributed by atoms with E-state index in [4.69, 9.17) is 4.74 Å². The van der Waals surface area contributed by atoms with Crippen molar-refractivity contribution in [2.24, 2.45) is 23.7 Å². The zero-order valence-corrected chi connectivity index (χ0v) is 24.3. The fourth-order valence-electron chi connectivity index (χ4n) is 7.01. The number of hydrogen-bond acceptors (Lipinski definition) is 6. The Kier molecular flexibility index (Phi) is 8.34. The summed E-state index contributed by atoms with van der Waals surface area (Å²) in [5.74, 6) is -1.97. The Balaban J connectivity index is 1.90. The number of aliphatic hydroxyl groups excluding tert-OH is 1. The van der Waals surface area contributed by atoms with Crippen LogP contribution in [0.5, 0.6) is 0 Å². The fourth-order valence-corrected chi connectivity index (χ4v) is 9.40. The number of rotatable bonds is 10. The van der Waals surface area contributed by atoms with E-state index in [0.29, 0.717) is 6.54 Å². The van der Waals surface area contributed by atoms with E-state index in [-0.39, 0.29) is 48.1 Å². The SMILES string of the molecule is C=CCN(C(=O)C1N([C@@H](CO)[C@@H](C)CC)C(=O)[C@@H]2[C@@H](C(=O)OCC)[C@H]3CC(C)C12S3)c1cc(C)ccc1C. The van der Waals surface area contributed by atoms with E-state index in [0.717, 1.165) is 29.7 Å². The molecule has 0 radical (unpaired) electrons. The van der Waals surface area contributed by atoms with E-state index in [1.807, 2.05) is 45.9 Å². The predicted molar refractivity (Wildman–Crippen MR) is 151 cm³/mol. The number of aryl methyl sites for hydroxylation is 2. The van der Waals surface area contributed by atoms with Gasteiger partial charge in [0.25, 0.3) is 5.91 Å². The van der Waals surface area contributed by atoms with Gasteiger partial charge in [-0.2, -0.15) is 0 Å². The Morgan fingerprint density at radius 2 is 2.05 bits per heavy atom. The van der Waals surface area contributed by atoms with Gasteiger partial charge in [-0.05, 0) is 56.2 Å². The van der Waals surface area contributed by atoms with Crippen molar-refractivity contribution in [2.75, 3.05) is 24.7 Å². The second kappa shape index (κ2) is 11.0. The summed E-state index contributed by atoms with van der Waals surface area (Å²) in [6.07, 6.45) is 3.19. The van der Waals surface area contributed by atoms with Crippen LogP contribution in [0.4, 0.5) is 5.69 Å². The Hall–Kier alpha value is -2.32. The van der Waals surface area contributed by atoms with Gasteiger partial charge < -0.3 is 19.6 Å². The van der Waals surface area contributed by atoms with E-state index >= 15 is 0 Å². The standard InChI is InChI=1S/C30H42N2O5S/c1-8-13-31(21-14-17(4)11-12-19(21)6)28(35)26-30-20(7)15-23(38-30)24(29(36)37-10-3)25(30)27(34)32(26)22(16-33)18(5)9-2/h8,11-12,14,18,20,22-26,33H,1,9-10,13,15-16H2,2-7H3/t18-,20?,22-,23+,24-,25-,26?,30?/m0/s1. The van der Waals surface area contributed by atoms with Crippen molar-refractivity contribution < 1.29 is 24.2 Å². The Bertz CT molecular complexity index is 1110. The quantitative estimate of drug-likeness (QED) is 0.353. The van der Waals surface area contributed by atoms with Gasteiger partial charge in [-0.1, -0.05) is 45.4 Å². The van der Waals surface area contributed by atoms with Gasteiger partial charge >= 0.3 is 5.97 Å². The third-order valence-corrected chi connectivity index (χ3v) is 11.1. The van der Waals surface area contributed by atoms with Gasteiger partial charge in [-0.15, -0.1) is 18.3 Å². The molecule has 1 aromatic rings. The molecule has 1 spiro atoms. The number of carbonyl (C=O) groups is 3. The largest absolute Gasteiger partial charge is 0.466 e. The van der Waals surface area contributed by atoms with Gasteiger partial charge in [0.05, 0.1) is 35.8 Å². The van der Waals surface area contributed by atoms with E-state index < -0.39 is 28.7 Å². The molecule has 3 fully saturated rings. The second-order valence-electron chi connectivity index (χ2n) is 11.2. The van der Waals surface area contributed by atoms with Crippen molar-refractivity contribution in [3.05, 3.63) is 42.0 Å². The van der Waals surface area contributed by atoms with Gasteiger partial charge in [0, 0.05) is 17.5 Å². The number of amides is 2. The summed E-state index contributed by atoms with van der Waals surface area (Å²) in [4.78, 5) is 45.9. The summed E-state index contributed by atoms with van der Waals surface area (Å²) in [6, 6.07) is 4.67. The Morgan fingerprint density at radius 3 is 2.66 bits per heavy atom. The molecular weight excluding hydrogens is 500 g/mol. The van der Waals surface area contributed by atoms with E-state index in [9.17, 15) is 19.5 Å². The van der Waals surface area contributed by atoms with Crippen LogP contribution in [-0.4, -0.2) is 69.6 Å². The minimum atomic E-state index is -0.810. The monoisotopic (exact) mass is 542 g/mol. The normalized spacial score (nSPS) is 31.2. The zero-order chi connectivity index (χ0) is 27.9. The predicted octanol–water partition coefficient (Wildman–Crippen LogP) is 4.13. The number of aliphatic hydroxyl groups is 1. The highest BCUT2D eigenvalue weighted by Crippen LogP contribution is 2.69. The molecule has 4 rings (SSSR count). The minimum absolute atomic E-state index is 0.0263. The van der Waals surface area contributed by atoms with Crippen LogP contribution in [0.15, 0.2) is 30.9 Å². The lowest BCUT2D eigenvalue weighted by Crippen LogP contribution is -2.60. The topological polar surface area (TPSA) is 87.2 Å². The summed E-state index contributed by atoms with van der Waals surface area (Å²) in [5, 5.41) is 10.5. The van der Waals surface area contributed by atoms with Crippen LogP contribution in [0.25, 0.3) is 0 Å². The fraction of sp³-hybridized carbons (Fsp3) is 0.633. The average molecular weight is 543 g/mol. The van der Waals surface area contributed by atoms with Crippen molar-refractivity contribution in [3.63, 3.8) is 0 Å². The maximum atomic E-state index is 14.8. The number of esters is 1. The summed E-state index contributed by atoms with van der Waals surface area (Å²) in [5.41, 5.74) is 2.78. The molecule has 2 amide bonds. The molecule has 38 heavy (non-hydrogen) atoms. The Labute approximate surface area is 231 Å². The van der Waals surface area contributed by atoms with Gasteiger partial charge in [-0.25, -0.2) is 0 Å². The maximum absolute atomic E-state index is 14.8. The molecule has 0 aromatic heterocycles. The highest BCUT2D eigenvalue weighted by Gasteiger charge is 2.77. The smallest absolute Gasteiger partial charge is 0.310 e. The van der Waals surface area contributed by atoms with Crippen molar-refractivity contribution in [1.29, 1.82) is 0 Å². The number of anilines is 1. The molecule has 8 atom stereocenters. The third-order valence-electron chi connectivity index (χ3n) is 9.05. The molecule has 1 aromatic carbocycles. The van der Waals surface area contributed by atoms with Crippen LogP contribution in [0.3, 0.4) is 0 Å². The van der Waals surface area contributed by atoms with Crippen molar-refractivity contribution in [1.82, 2.24) is 4.90 Å². The number of benzene rings is 1. The number of thioether (sulfide) groups is 1. The zero-order valence-electron chi connectivity index (χ0n) is 23.5. The molecule has 7 nitrogen and oxygen atoms in total. The first kappa shape index (κ1) is 28.7. The molecule has 3 aliphatic heterocycles. The number of carbonyl (C=O) groups excluding carboxylic acids is 3. The van der Waals surface area contributed by atoms with Gasteiger partial charge in [0.2, 0.25) is 5.91 Å². The van der Waals surface area contributed by atoms with Gasteiger partial charge in [-0.3, -0.25) is 14.4 Å². The minimum Gasteiger partial charge on any atom is -0.466 e. The lowest BCUT2D eigenvalue weighted by Gasteiger charge is -2.43. The lowest BCUT2D eigenvalue weighted by molar-refractivity contribution is -0.154. The summed E-state index contributed by atoms with van der Waals surface area (Å²) in [7, 11) is 0. The molecule has 1 N–H and O–H groups in total. The number of nitrogens with zero attached hydrogens (tertiary/aromatic N) is 2. The van der Waals surface area contributed by atoms with E-state index in [2.05, 4.69) is 13.5 Å². The number of fused-ring (bicyclic) bond motifs is 1. The molecule has 3 unspecified atom stereocenters. The summed E-state index contributed by atoms with van der Waals surface area (Å²) < 4.78 is 4.69.